The maximum Gasteiger partial charge on any atom is 0.341 e. The van der Waals surface area contributed by atoms with Gasteiger partial charge < -0.3 is 19.3 Å². The van der Waals surface area contributed by atoms with E-state index in [-0.39, 0.29) is 24.2 Å². The van der Waals surface area contributed by atoms with Crippen LogP contribution in [-0.4, -0.2) is 68.2 Å². The molecule has 1 aromatic carbocycles. The minimum Gasteiger partial charge on any atom is -0.452 e. The number of morpholine rings is 1. The number of esters is 1. The molecule has 1 saturated heterocycles. The molecule has 1 fully saturated rings. The Bertz CT molecular complexity index is 754. The molecule has 1 heterocycles. The number of ether oxygens (including phenoxy) is 2. The summed E-state index contributed by atoms with van der Waals surface area (Å²) in [5.74, 6) is -1.28. The fraction of sp³-hybridized carbons (Fsp3) is 0.471. The lowest BCUT2D eigenvalue weighted by Crippen LogP contribution is -2.37. The highest BCUT2D eigenvalue weighted by Gasteiger charge is 2.24. The lowest BCUT2D eigenvalue weighted by molar-refractivity contribution is -0.384. The molecule has 0 unspecified atom stereocenters. The van der Waals surface area contributed by atoms with Crippen LogP contribution in [0.2, 0.25) is 0 Å². The van der Waals surface area contributed by atoms with Crippen molar-refractivity contribution in [2.75, 3.05) is 51.4 Å². The van der Waals surface area contributed by atoms with E-state index < -0.39 is 23.4 Å². The summed E-state index contributed by atoms with van der Waals surface area (Å²) in [6, 6.07) is 5.90. The van der Waals surface area contributed by atoms with Gasteiger partial charge in [0.1, 0.15) is 0 Å². The van der Waals surface area contributed by atoms with E-state index in [2.05, 4.69) is 0 Å². The topological polar surface area (TPSA) is 126 Å². The minimum atomic E-state index is -0.817. The number of carbonyl (C=O) groups is 2. The van der Waals surface area contributed by atoms with Gasteiger partial charge in [0.25, 0.3) is 11.6 Å². The van der Waals surface area contributed by atoms with Gasteiger partial charge in [0, 0.05) is 38.8 Å². The molecule has 0 spiro atoms. The maximum absolute atomic E-state index is 12.5. The summed E-state index contributed by atoms with van der Waals surface area (Å²) in [5.41, 5.74) is 0.286. The second-order valence-corrected chi connectivity index (χ2v) is 5.86. The highest BCUT2D eigenvalue weighted by molar-refractivity contribution is 5.97. The summed E-state index contributed by atoms with van der Waals surface area (Å²) < 4.78 is 10.3. The Morgan fingerprint density at radius 2 is 2.11 bits per heavy atom. The van der Waals surface area contributed by atoms with Gasteiger partial charge in [-0.1, -0.05) is 0 Å². The maximum atomic E-state index is 12.5. The predicted octanol–water partition coefficient (Wildman–Crippen LogP) is 0.960. The first-order valence-electron chi connectivity index (χ1n) is 8.33. The number of nitro groups is 1. The number of benzene rings is 1. The van der Waals surface area contributed by atoms with Gasteiger partial charge in [-0.3, -0.25) is 14.9 Å². The molecule has 0 radical (unpaired) electrons. The lowest BCUT2D eigenvalue weighted by atomic mass is 10.1. The largest absolute Gasteiger partial charge is 0.452 e. The molecule has 0 aliphatic carbocycles. The summed E-state index contributed by atoms with van der Waals surface area (Å²) >= 11 is 0. The van der Waals surface area contributed by atoms with Crippen LogP contribution in [0.4, 0.5) is 11.4 Å². The van der Waals surface area contributed by atoms with E-state index in [9.17, 15) is 19.7 Å². The zero-order chi connectivity index (χ0) is 19.8. The van der Waals surface area contributed by atoms with Gasteiger partial charge in [-0.15, -0.1) is 0 Å². The van der Waals surface area contributed by atoms with Crippen LogP contribution in [0.3, 0.4) is 0 Å². The number of nitriles is 1. The molecule has 0 saturated carbocycles. The van der Waals surface area contributed by atoms with Crippen molar-refractivity contribution < 1.29 is 24.0 Å². The van der Waals surface area contributed by atoms with E-state index in [0.29, 0.717) is 32.0 Å². The van der Waals surface area contributed by atoms with E-state index in [1.54, 1.807) is 0 Å². The lowest BCUT2D eigenvalue weighted by Gasteiger charge is -2.30. The molecular weight excluding hydrogens is 356 g/mol. The number of rotatable bonds is 7. The Kier molecular flexibility index (Phi) is 7.08. The van der Waals surface area contributed by atoms with Crippen molar-refractivity contribution in [2.24, 2.45) is 0 Å². The van der Waals surface area contributed by atoms with Crippen molar-refractivity contribution in [3.8, 4) is 6.07 Å². The van der Waals surface area contributed by atoms with E-state index in [1.165, 1.54) is 24.1 Å². The molecule has 0 atom stereocenters. The Morgan fingerprint density at radius 1 is 1.41 bits per heavy atom. The van der Waals surface area contributed by atoms with E-state index in [0.717, 1.165) is 6.07 Å². The summed E-state index contributed by atoms with van der Waals surface area (Å²) in [4.78, 5) is 38.1. The summed E-state index contributed by atoms with van der Waals surface area (Å²) in [6.45, 7) is 1.75. The molecular formula is C17H20N4O6. The van der Waals surface area contributed by atoms with Crippen LogP contribution < -0.4 is 4.90 Å². The fourth-order valence-corrected chi connectivity index (χ4v) is 2.54. The molecule has 10 nitrogen and oxygen atoms in total. The number of anilines is 1. The van der Waals surface area contributed by atoms with Gasteiger partial charge in [-0.25, -0.2) is 4.79 Å². The van der Waals surface area contributed by atoms with Crippen LogP contribution in [-0.2, 0) is 14.3 Å². The van der Waals surface area contributed by atoms with Gasteiger partial charge in [0.05, 0.1) is 41.9 Å². The molecule has 0 N–H and O–H groups in total. The summed E-state index contributed by atoms with van der Waals surface area (Å²) in [5, 5.41) is 19.6. The Morgan fingerprint density at radius 3 is 2.74 bits per heavy atom. The number of non-ortho nitro benzene ring substituents is 1. The Hall–Kier alpha value is -3.19. The van der Waals surface area contributed by atoms with Crippen molar-refractivity contribution in [3.63, 3.8) is 0 Å². The fourth-order valence-electron chi connectivity index (χ4n) is 2.54. The Labute approximate surface area is 156 Å². The van der Waals surface area contributed by atoms with Crippen molar-refractivity contribution in [3.05, 3.63) is 33.9 Å². The molecule has 1 aliphatic rings. The summed E-state index contributed by atoms with van der Waals surface area (Å²) in [7, 11) is 1.50. The van der Waals surface area contributed by atoms with E-state index in [4.69, 9.17) is 14.7 Å². The quantitative estimate of drug-likeness (QED) is 0.391. The highest BCUT2D eigenvalue weighted by Crippen LogP contribution is 2.27. The normalized spacial score (nSPS) is 13.6. The van der Waals surface area contributed by atoms with Gasteiger partial charge in [-0.2, -0.15) is 5.26 Å². The number of hydrogen-bond acceptors (Lipinski definition) is 8. The van der Waals surface area contributed by atoms with E-state index >= 15 is 0 Å². The Balaban J connectivity index is 2.14. The van der Waals surface area contributed by atoms with Crippen LogP contribution >= 0.6 is 0 Å². The molecule has 144 valence electrons. The van der Waals surface area contributed by atoms with Crippen LogP contribution in [0.5, 0.6) is 0 Å². The SMILES string of the molecule is CN(CCC#N)C(=O)COC(=O)c1cc([N+](=O)[O-])ccc1N1CCOCC1. The predicted molar refractivity (Wildman–Crippen MR) is 94.3 cm³/mol. The van der Waals surface area contributed by atoms with Crippen molar-refractivity contribution in [1.82, 2.24) is 4.90 Å². The van der Waals surface area contributed by atoms with Crippen molar-refractivity contribution in [1.29, 1.82) is 5.26 Å². The van der Waals surface area contributed by atoms with Crippen molar-refractivity contribution in [2.45, 2.75) is 6.42 Å². The smallest absolute Gasteiger partial charge is 0.341 e. The average Bonchev–Trinajstić information content (AvgIpc) is 2.69. The van der Waals surface area contributed by atoms with Crippen LogP contribution in [0, 0.1) is 21.4 Å². The van der Waals surface area contributed by atoms with Crippen molar-refractivity contribution >= 4 is 23.3 Å². The first-order valence-corrected chi connectivity index (χ1v) is 8.33. The highest BCUT2D eigenvalue weighted by atomic mass is 16.6. The van der Waals surface area contributed by atoms with E-state index in [1.807, 2.05) is 11.0 Å². The average molecular weight is 376 g/mol. The minimum absolute atomic E-state index is 0.0265. The number of likely N-dealkylation sites (N-methyl/N-ethyl adjacent to an activating group) is 1. The second kappa shape index (κ2) is 9.49. The number of carbonyl (C=O) groups excluding carboxylic acids is 2. The molecule has 27 heavy (non-hydrogen) atoms. The van der Waals surface area contributed by atoms with Gasteiger partial charge in [0.2, 0.25) is 0 Å². The third kappa shape index (κ3) is 5.39. The van der Waals surface area contributed by atoms with Crippen LogP contribution in [0.1, 0.15) is 16.8 Å². The molecule has 1 amide bonds. The summed E-state index contributed by atoms with van der Waals surface area (Å²) in [6.07, 6.45) is 0.169. The third-order valence-corrected chi connectivity index (χ3v) is 4.07. The first kappa shape index (κ1) is 20.1. The first-order chi connectivity index (χ1) is 12.9. The zero-order valence-corrected chi connectivity index (χ0v) is 14.9. The number of nitrogens with zero attached hydrogens (tertiary/aromatic N) is 4. The molecule has 0 aromatic heterocycles. The monoisotopic (exact) mass is 376 g/mol. The third-order valence-electron chi connectivity index (χ3n) is 4.07. The second-order valence-electron chi connectivity index (χ2n) is 5.86. The number of hydrogen-bond donors (Lipinski definition) is 0. The molecule has 1 aromatic rings. The molecule has 10 heteroatoms. The molecule has 1 aliphatic heterocycles. The number of amides is 1. The van der Waals surface area contributed by atoms with Gasteiger partial charge in [0.15, 0.2) is 6.61 Å². The van der Waals surface area contributed by atoms with Gasteiger partial charge >= 0.3 is 5.97 Å². The van der Waals surface area contributed by atoms with Crippen LogP contribution in [0.25, 0.3) is 0 Å². The molecule has 2 rings (SSSR count). The zero-order valence-electron chi connectivity index (χ0n) is 14.9. The molecule has 0 bridgehead atoms. The van der Waals surface area contributed by atoms with Gasteiger partial charge in [-0.05, 0) is 6.07 Å². The number of nitro benzene ring substituents is 1. The van der Waals surface area contributed by atoms with Crippen LogP contribution in [0.15, 0.2) is 18.2 Å². The standard InChI is InChI=1S/C17H20N4O6/c1-19(6-2-5-18)16(22)12-27-17(23)14-11-13(21(24)25)3-4-15(14)20-7-9-26-10-8-20/h3-4,11H,2,6-10,12H2,1H3.